The van der Waals surface area contributed by atoms with E-state index in [0.29, 0.717) is 6.42 Å². The molecular formula is C10H15NO2. The maximum atomic E-state index is 11.8. The van der Waals surface area contributed by atoms with Crippen LogP contribution in [-0.4, -0.2) is 23.8 Å². The molecule has 0 bridgehead atoms. The van der Waals surface area contributed by atoms with Gasteiger partial charge < -0.3 is 0 Å². The van der Waals surface area contributed by atoms with Crippen molar-refractivity contribution in [1.29, 1.82) is 0 Å². The van der Waals surface area contributed by atoms with Crippen molar-refractivity contribution in [3.8, 4) is 0 Å². The van der Waals surface area contributed by atoms with Gasteiger partial charge in [-0.1, -0.05) is 19.3 Å². The molecule has 1 aliphatic heterocycles. The highest BCUT2D eigenvalue weighted by Gasteiger charge is 2.49. The molecular weight excluding hydrogens is 166 g/mol. The second-order valence-electron chi connectivity index (χ2n) is 4.28. The zero-order valence-corrected chi connectivity index (χ0v) is 8.01. The van der Waals surface area contributed by atoms with Gasteiger partial charge in [-0.3, -0.25) is 14.5 Å². The molecule has 2 aliphatic rings. The van der Waals surface area contributed by atoms with Gasteiger partial charge in [0.2, 0.25) is 11.8 Å². The first-order valence-electron chi connectivity index (χ1n) is 4.97. The first kappa shape index (κ1) is 8.73. The van der Waals surface area contributed by atoms with E-state index in [1.54, 1.807) is 7.05 Å². The van der Waals surface area contributed by atoms with E-state index in [9.17, 15) is 9.59 Å². The standard InChI is InChI=1S/C10H15NO2/c1-11-8(12)7-10(9(11)13)5-3-2-4-6-10/h2-7H2,1H3. The molecule has 1 saturated heterocycles. The number of hydrogen-bond donors (Lipinski definition) is 0. The molecule has 0 N–H and O–H groups in total. The molecule has 72 valence electrons. The predicted octanol–water partition coefficient (Wildman–Crippen LogP) is 1.33. The van der Waals surface area contributed by atoms with Crippen LogP contribution in [0, 0.1) is 5.41 Å². The van der Waals surface area contributed by atoms with Crippen molar-refractivity contribution in [2.75, 3.05) is 7.05 Å². The summed E-state index contributed by atoms with van der Waals surface area (Å²) >= 11 is 0. The maximum Gasteiger partial charge on any atom is 0.235 e. The minimum absolute atomic E-state index is 0.00639. The minimum atomic E-state index is -0.288. The van der Waals surface area contributed by atoms with Gasteiger partial charge >= 0.3 is 0 Å². The largest absolute Gasteiger partial charge is 0.285 e. The Bertz CT molecular complexity index is 254. The Morgan fingerprint density at radius 2 is 1.77 bits per heavy atom. The van der Waals surface area contributed by atoms with E-state index in [2.05, 4.69) is 0 Å². The molecule has 1 spiro atoms. The van der Waals surface area contributed by atoms with Gasteiger partial charge in [-0.15, -0.1) is 0 Å². The SMILES string of the molecule is CN1C(=O)CC2(CCCCC2)C1=O. The smallest absolute Gasteiger partial charge is 0.235 e. The van der Waals surface area contributed by atoms with Crippen LogP contribution in [0.15, 0.2) is 0 Å². The Morgan fingerprint density at radius 1 is 1.15 bits per heavy atom. The fourth-order valence-corrected chi connectivity index (χ4v) is 2.57. The van der Waals surface area contributed by atoms with Gasteiger partial charge in [-0.25, -0.2) is 0 Å². The van der Waals surface area contributed by atoms with Crippen LogP contribution >= 0.6 is 0 Å². The van der Waals surface area contributed by atoms with Crippen molar-refractivity contribution in [3.05, 3.63) is 0 Å². The monoisotopic (exact) mass is 181 g/mol. The van der Waals surface area contributed by atoms with E-state index < -0.39 is 0 Å². The molecule has 1 saturated carbocycles. The number of nitrogens with zero attached hydrogens (tertiary/aromatic N) is 1. The number of amides is 2. The molecule has 0 unspecified atom stereocenters. The molecule has 0 aromatic carbocycles. The molecule has 3 nitrogen and oxygen atoms in total. The number of carbonyl (C=O) groups is 2. The van der Waals surface area contributed by atoms with E-state index in [1.165, 1.54) is 11.3 Å². The van der Waals surface area contributed by atoms with Crippen molar-refractivity contribution in [2.45, 2.75) is 38.5 Å². The number of hydrogen-bond acceptors (Lipinski definition) is 2. The number of carbonyl (C=O) groups excluding carboxylic acids is 2. The summed E-state index contributed by atoms with van der Waals surface area (Å²) in [7, 11) is 1.61. The van der Waals surface area contributed by atoms with Gasteiger partial charge in [-0.05, 0) is 12.8 Å². The molecule has 13 heavy (non-hydrogen) atoms. The average molecular weight is 181 g/mol. The number of likely N-dealkylation sites (tertiary alicyclic amines) is 1. The van der Waals surface area contributed by atoms with Crippen LogP contribution in [0.5, 0.6) is 0 Å². The van der Waals surface area contributed by atoms with Gasteiger partial charge in [0.05, 0.1) is 5.41 Å². The third-order valence-electron chi connectivity index (χ3n) is 3.43. The summed E-state index contributed by atoms with van der Waals surface area (Å²) < 4.78 is 0. The predicted molar refractivity (Wildman–Crippen MR) is 47.9 cm³/mol. The van der Waals surface area contributed by atoms with Crippen LogP contribution in [0.2, 0.25) is 0 Å². The minimum Gasteiger partial charge on any atom is -0.285 e. The maximum absolute atomic E-state index is 11.8. The number of imide groups is 1. The Kier molecular flexibility index (Phi) is 1.90. The van der Waals surface area contributed by atoms with Crippen molar-refractivity contribution >= 4 is 11.8 Å². The summed E-state index contributed by atoms with van der Waals surface area (Å²) in [6, 6.07) is 0. The Hall–Kier alpha value is -0.860. The molecule has 0 radical (unpaired) electrons. The zero-order valence-electron chi connectivity index (χ0n) is 8.01. The van der Waals surface area contributed by atoms with Gasteiger partial charge in [-0.2, -0.15) is 0 Å². The highest BCUT2D eigenvalue weighted by atomic mass is 16.2. The Balaban J connectivity index is 2.23. The third-order valence-corrected chi connectivity index (χ3v) is 3.43. The Labute approximate surface area is 78.1 Å². The summed E-state index contributed by atoms with van der Waals surface area (Å²) in [6.07, 6.45) is 5.72. The van der Waals surface area contributed by atoms with Crippen LogP contribution in [0.25, 0.3) is 0 Å². The Morgan fingerprint density at radius 3 is 2.23 bits per heavy atom. The van der Waals surface area contributed by atoms with Crippen LogP contribution in [0.3, 0.4) is 0 Å². The first-order valence-corrected chi connectivity index (χ1v) is 4.97. The molecule has 0 atom stereocenters. The lowest BCUT2D eigenvalue weighted by atomic mass is 9.73. The van der Waals surface area contributed by atoms with Crippen molar-refractivity contribution in [3.63, 3.8) is 0 Å². The van der Waals surface area contributed by atoms with Crippen LogP contribution < -0.4 is 0 Å². The van der Waals surface area contributed by atoms with Crippen LogP contribution in [0.4, 0.5) is 0 Å². The lowest BCUT2D eigenvalue weighted by Gasteiger charge is -2.29. The lowest BCUT2D eigenvalue weighted by molar-refractivity contribution is -0.140. The van der Waals surface area contributed by atoms with E-state index in [-0.39, 0.29) is 17.2 Å². The molecule has 0 aromatic heterocycles. The van der Waals surface area contributed by atoms with Gasteiger partial charge in [0, 0.05) is 13.5 Å². The lowest BCUT2D eigenvalue weighted by Crippen LogP contribution is -2.34. The summed E-state index contributed by atoms with van der Waals surface area (Å²) in [5.41, 5.74) is -0.288. The molecule has 2 rings (SSSR count). The molecule has 2 fully saturated rings. The van der Waals surface area contributed by atoms with Gasteiger partial charge in [0.15, 0.2) is 0 Å². The summed E-state index contributed by atoms with van der Waals surface area (Å²) in [6.45, 7) is 0. The quantitative estimate of drug-likeness (QED) is 0.529. The van der Waals surface area contributed by atoms with Gasteiger partial charge in [0.1, 0.15) is 0 Å². The fourth-order valence-electron chi connectivity index (χ4n) is 2.57. The first-order chi connectivity index (χ1) is 6.16. The molecule has 1 heterocycles. The van der Waals surface area contributed by atoms with Crippen molar-refractivity contribution in [1.82, 2.24) is 4.90 Å². The summed E-state index contributed by atoms with van der Waals surface area (Å²) in [5.74, 6) is 0.0732. The van der Waals surface area contributed by atoms with E-state index in [1.807, 2.05) is 0 Å². The second-order valence-corrected chi connectivity index (χ2v) is 4.28. The molecule has 1 aliphatic carbocycles. The average Bonchev–Trinajstić information content (AvgIpc) is 2.33. The summed E-state index contributed by atoms with van der Waals surface area (Å²) in [5, 5.41) is 0. The van der Waals surface area contributed by atoms with Gasteiger partial charge in [0.25, 0.3) is 0 Å². The highest BCUT2D eigenvalue weighted by molar-refractivity contribution is 6.05. The second kappa shape index (κ2) is 2.82. The number of rotatable bonds is 0. The van der Waals surface area contributed by atoms with Crippen LogP contribution in [-0.2, 0) is 9.59 Å². The highest BCUT2D eigenvalue weighted by Crippen LogP contribution is 2.44. The zero-order chi connectivity index (χ0) is 9.47. The molecule has 0 aromatic rings. The van der Waals surface area contributed by atoms with E-state index in [4.69, 9.17) is 0 Å². The van der Waals surface area contributed by atoms with Crippen LogP contribution in [0.1, 0.15) is 38.5 Å². The topological polar surface area (TPSA) is 37.4 Å². The van der Waals surface area contributed by atoms with E-state index in [0.717, 1.165) is 25.7 Å². The fraction of sp³-hybridized carbons (Fsp3) is 0.800. The third kappa shape index (κ3) is 1.18. The van der Waals surface area contributed by atoms with Crippen molar-refractivity contribution in [2.24, 2.45) is 5.41 Å². The molecule has 3 heteroatoms. The normalized spacial score (nSPS) is 27.3. The summed E-state index contributed by atoms with van der Waals surface area (Å²) in [4.78, 5) is 24.5. The van der Waals surface area contributed by atoms with Crippen molar-refractivity contribution < 1.29 is 9.59 Å². The molecule has 2 amide bonds. The van der Waals surface area contributed by atoms with E-state index >= 15 is 0 Å².